The minimum Gasteiger partial charge on any atom is -0.497 e. The van der Waals surface area contributed by atoms with Crippen LogP contribution in [0.25, 0.3) is 0 Å². The molecule has 0 aliphatic heterocycles. The highest BCUT2D eigenvalue weighted by Crippen LogP contribution is 2.19. The number of likely N-dealkylation sites (N-methyl/N-ethyl adjacent to an activating group) is 1. The van der Waals surface area contributed by atoms with Crippen LogP contribution in [0.3, 0.4) is 0 Å². The number of ether oxygens (including phenoxy) is 1. The minimum atomic E-state index is -0.805. The predicted octanol–water partition coefficient (Wildman–Crippen LogP) is 0.961. The molecule has 0 saturated heterocycles. The third-order valence-electron chi connectivity index (χ3n) is 3.56. The van der Waals surface area contributed by atoms with Gasteiger partial charge in [-0.15, -0.1) is 12.4 Å². The summed E-state index contributed by atoms with van der Waals surface area (Å²) in [6.07, 6.45) is 2.61. The largest absolute Gasteiger partial charge is 0.497 e. The van der Waals surface area contributed by atoms with Gasteiger partial charge in [0.25, 0.3) is 0 Å². The fourth-order valence-electron chi connectivity index (χ4n) is 2.30. The molecule has 24 heavy (non-hydrogen) atoms. The Balaban J connectivity index is 0.00000288. The van der Waals surface area contributed by atoms with E-state index in [0.717, 1.165) is 5.56 Å². The van der Waals surface area contributed by atoms with Crippen molar-refractivity contribution in [2.45, 2.75) is 12.1 Å². The monoisotopic (exact) mass is 354 g/mol. The van der Waals surface area contributed by atoms with Gasteiger partial charge in [0.15, 0.2) is 0 Å². The number of rotatable bonds is 7. The summed E-state index contributed by atoms with van der Waals surface area (Å²) in [6.45, 7) is 0.116. The van der Waals surface area contributed by atoms with Crippen LogP contribution in [-0.2, 0) is 11.8 Å². The summed E-state index contributed by atoms with van der Waals surface area (Å²) in [7, 11) is 5.06. The third-order valence-corrected chi connectivity index (χ3v) is 3.56. The molecule has 8 heteroatoms. The van der Waals surface area contributed by atoms with Crippen molar-refractivity contribution in [3.05, 3.63) is 47.8 Å². The summed E-state index contributed by atoms with van der Waals surface area (Å²) in [5.41, 5.74) is 1.45. The lowest BCUT2D eigenvalue weighted by Crippen LogP contribution is -2.37. The number of carbonyl (C=O) groups excluding carboxylic acids is 1. The van der Waals surface area contributed by atoms with E-state index in [2.05, 4.69) is 15.7 Å². The van der Waals surface area contributed by atoms with Crippen molar-refractivity contribution in [2.75, 3.05) is 20.7 Å². The number of aromatic nitrogens is 2. The molecule has 0 saturated carbocycles. The Morgan fingerprint density at radius 1 is 1.42 bits per heavy atom. The predicted molar refractivity (Wildman–Crippen MR) is 93.2 cm³/mol. The van der Waals surface area contributed by atoms with Crippen molar-refractivity contribution in [3.63, 3.8) is 0 Å². The number of aryl methyl sites for hydroxylation is 1. The third kappa shape index (κ3) is 4.95. The number of halogens is 1. The van der Waals surface area contributed by atoms with Crippen LogP contribution in [0, 0.1) is 0 Å². The number of carbonyl (C=O) groups is 1. The Labute approximate surface area is 147 Å². The van der Waals surface area contributed by atoms with Gasteiger partial charge in [0, 0.05) is 25.4 Å². The lowest BCUT2D eigenvalue weighted by atomic mass is 10.1. The molecule has 0 aliphatic carbocycles. The molecule has 0 radical (unpaired) electrons. The van der Waals surface area contributed by atoms with E-state index < -0.39 is 12.1 Å². The lowest BCUT2D eigenvalue weighted by Gasteiger charge is -2.17. The SMILES string of the molecule is CNC(C(=O)NCC(O)c1cccc(OC)c1)c1cnn(C)c1.Cl. The van der Waals surface area contributed by atoms with Crippen LogP contribution >= 0.6 is 12.4 Å². The van der Waals surface area contributed by atoms with Crippen molar-refractivity contribution in [2.24, 2.45) is 7.05 Å². The van der Waals surface area contributed by atoms with E-state index in [4.69, 9.17) is 4.74 Å². The average molecular weight is 355 g/mol. The van der Waals surface area contributed by atoms with Gasteiger partial charge in [-0.25, -0.2) is 0 Å². The van der Waals surface area contributed by atoms with Gasteiger partial charge in [0.05, 0.1) is 19.4 Å². The first-order chi connectivity index (χ1) is 11.0. The van der Waals surface area contributed by atoms with Crippen LogP contribution in [0.15, 0.2) is 36.7 Å². The van der Waals surface area contributed by atoms with E-state index in [9.17, 15) is 9.90 Å². The maximum Gasteiger partial charge on any atom is 0.241 e. The van der Waals surface area contributed by atoms with Crippen molar-refractivity contribution >= 4 is 18.3 Å². The molecule has 2 rings (SSSR count). The molecule has 0 spiro atoms. The smallest absolute Gasteiger partial charge is 0.241 e. The van der Waals surface area contributed by atoms with Gasteiger partial charge in [0.1, 0.15) is 11.8 Å². The first-order valence-electron chi connectivity index (χ1n) is 7.30. The summed E-state index contributed by atoms with van der Waals surface area (Å²) < 4.78 is 6.77. The van der Waals surface area contributed by atoms with Crippen molar-refractivity contribution in [3.8, 4) is 5.75 Å². The average Bonchev–Trinajstić information content (AvgIpc) is 2.99. The Bertz CT molecular complexity index is 662. The van der Waals surface area contributed by atoms with Gasteiger partial charge in [-0.05, 0) is 24.7 Å². The molecular formula is C16H23ClN4O3. The summed E-state index contributed by atoms with van der Waals surface area (Å²) >= 11 is 0. The van der Waals surface area contributed by atoms with Crippen LogP contribution in [0.1, 0.15) is 23.3 Å². The fourth-order valence-corrected chi connectivity index (χ4v) is 2.30. The molecule has 3 N–H and O–H groups in total. The topological polar surface area (TPSA) is 88.4 Å². The number of methoxy groups -OCH3 is 1. The van der Waals surface area contributed by atoms with E-state index in [1.807, 2.05) is 0 Å². The number of hydrogen-bond acceptors (Lipinski definition) is 5. The van der Waals surface area contributed by atoms with Gasteiger partial charge in [0.2, 0.25) is 5.91 Å². The summed E-state index contributed by atoms with van der Waals surface area (Å²) in [4.78, 5) is 12.3. The second-order valence-corrected chi connectivity index (χ2v) is 5.21. The number of benzene rings is 1. The zero-order chi connectivity index (χ0) is 16.8. The minimum absolute atomic E-state index is 0. The molecule has 132 valence electrons. The van der Waals surface area contributed by atoms with Gasteiger partial charge in [-0.3, -0.25) is 9.48 Å². The van der Waals surface area contributed by atoms with Gasteiger partial charge < -0.3 is 20.5 Å². The van der Waals surface area contributed by atoms with Crippen LogP contribution in [0.2, 0.25) is 0 Å². The lowest BCUT2D eigenvalue weighted by molar-refractivity contribution is -0.123. The Hall–Kier alpha value is -2.09. The van der Waals surface area contributed by atoms with Crippen LogP contribution in [-0.4, -0.2) is 41.5 Å². The molecule has 2 unspecified atom stereocenters. The second-order valence-electron chi connectivity index (χ2n) is 5.21. The van der Waals surface area contributed by atoms with E-state index in [1.165, 1.54) is 0 Å². The number of aliphatic hydroxyl groups excluding tert-OH is 1. The van der Waals surface area contributed by atoms with E-state index >= 15 is 0 Å². The molecule has 2 aromatic rings. The van der Waals surface area contributed by atoms with Gasteiger partial charge in [-0.1, -0.05) is 12.1 Å². The summed E-state index contributed by atoms with van der Waals surface area (Å²) in [6, 6.07) is 6.62. The number of nitrogens with one attached hydrogen (secondary N) is 2. The number of amides is 1. The van der Waals surface area contributed by atoms with Crippen LogP contribution < -0.4 is 15.4 Å². The molecule has 0 aliphatic rings. The number of nitrogens with zero attached hydrogens (tertiary/aromatic N) is 2. The normalized spacial score (nSPS) is 12.8. The van der Waals surface area contributed by atoms with E-state index in [-0.39, 0.29) is 24.9 Å². The highest BCUT2D eigenvalue weighted by molar-refractivity contribution is 5.85. The Morgan fingerprint density at radius 2 is 2.17 bits per heavy atom. The van der Waals surface area contributed by atoms with Crippen molar-refractivity contribution < 1.29 is 14.6 Å². The van der Waals surface area contributed by atoms with Crippen molar-refractivity contribution in [1.82, 2.24) is 20.4 Å². The molecule has 1 heterocycles. The maximum absolute atomic E-state index is 12.3. The molecular weight excluding hydrogens is 332 g/mol. The Morgan fingerprint density at radius 3 is 2.75 bits per heavy atom. The fraction of sp³-hybridized carbons (Fsp3) is 0.375. The molecule has 0 fully saturated rings. The molecule has 2 atom stereocenters. The second kappa shape index (κ2) is 9.27. The molecule has 7 nitrogen and oxygen atoms in total. The Kier molecular flexibility index (Phi) is 7.70. The first kappa shape index (κ1) is 20.0. The molecule has 1 aromatic carbocycles. The van der Waals surface area contributed by atoms with E-state index in [0.29, 0.717) is 11.3 Å². The van der Waals surface area contributed by atoms with Crippen LogP contribution in [0.5, 0.6) is 5.75 Å². The molecule has 0 bridgehead atoms. The summed E-state index contributed by atoms with van der Waals surface area (Å²) in [5.74, 6) is 0.443. The van der Waals surface area contributed by atoms with Crippen molar-refractivity contribution in [1.29, 1.82) is 0 Å². The zero-order valence-electron chi connectivity index (χ0n) is 13.9. The maximum atomic E-state index is 12.3. The standard InChI is InChI=1S/C16H22N4O3.ClH/c1-17-15(12-8-19-20(2)10-12)16(22)18-9-14(21)11-5-4-6-13(7-11)23-3;/h4-8,10,14-15,17,21H,9H2,1-3H3,(H,18,22);1H. The van der Waals surface area contributed by atoms with Gasteiger partial charge in [-0.2, -0.15) is 5.10 Å². The zero-order valence-corrected chi connectivity index (χ0v) is 14.7. The van der Waals surface area contributed by atoms with Crippen LogP contribution in [0.4, 0.5) is 0 Å². The first-order valence-corrected chi connectivity index (χ1v) is 7.30. The number of hydrogen-bond donors (Lipinski definition) is 3. The van der Waals surface area contributed by atoms with E-state index in [1.54, 1.807) is 62.5 Å². The highest BCUT2D eigenvalue weighted by atomic mass is 35.5. The molecule has 1 aromatic heterocycles. The molecule has 1 amide bonds. The quantitative estimate of drug-likeness (QED) is 0.689. The van der Waals surface area contributed by atoms with Gasteiger partial charge >= 0.3 is 0 Å². The highest BCUT2D eigenvalue weighted by Gasteiger charge is 2.21. The summed E-state index contributed by atoms with van der Waals surface area (Å²) in [5, 5.41) is 20.0. The number of aliphatic hydroxyl groups is 1.